The molecule has 6 nitrogen and oxygen atoms in total. The molecule has 0 aromatic heterocycles. The Labute approximate surface area is 182 Å². The maximum atomic E-state index is 13.0. The number of carbonyl (C=O) groups is 4. The summed E-state index contributed by atoms with van der Waals surface area (Å²) in [5.74, 6) is -0.860. The van der Waals surface area contributed by atoms with Crippen LogP contribution in [0.5, 0.6) is 0 Å². The predicted octanol–water partition coefficient (Wildman–Crippen LogP) is 3.36. The minimum absolute atomic E-state index is 0.00192. The molecule has 0 spiro atoms. The van der Waals surface area contributed by atoms with E-state index in [4.69, 9.17) is 9.47 Å². The second kappa shape index (κ2) is 7.57. The van der Waals surface area contributed by atoms with Gasteiger partial charge in [0, 0.05) is 23.3 Å². The number of allylic oxidation sites excluding steroid dienone is 5. The quantitative estimate of drug-likeness (QED) is 0.641. The first-order chi connectivity index (χ1) is 14.6. The molecule has 0 bridgehead atoms. The van der Waals surface area contributed by atoms with Crippen molar-refractivity contribution in [3.05, 3.63) is 35.5 Å². The minimum Gasteiger partial charge on any atom is -0.469 e. The van der Waals surface area contributed by atoms with E-state index in [0.29, 0.717) is 12.0 Å². The van der Waals surface area contributed by atoms with E-state index in [-0.39, 0.29) is 53.2 Å². The van der Waals surface area contributed by atoms with Crippen molar-refractivity contribution < 1.29 is 28.7 Å². The Morgan fingerprint density at radius 1 is 1.23 bits per heavy atom. The molecule has 4 rings (SSSR count). The molecule has 4 aliphatic rings. The van der Waals surface area contributed by atoms with Gasteiger partial charge >= 0.3 is 11.9 Å². The van der Waals surface area contributed by atoms with Crippen LogP contribution < -0.4 is 0 Å². The van der Waals surface area contributed by atoms with Gasteiger partial charge in [0.1, 0.15) is 0 Å². The molecular formula is C25H30O6. The van der Waals surface area contributed by atoms with Crippen LogP contribution in [0.3, 0.4) is 0 Å². The molecular weight excluding hydrogens is 396 g/mol. The number of ketones is 2. The van der Waals surface area contributed by atoms with Crippen molar-refractivity contribution in [3.63, 3.8) is 0 Å². The molecule has 0 saturated heterocycles. The van der Waals surface area contributed by atoms with E-state index in [9.17, 15) is 19.2 Å². The molecule has 2 fully saturated rings. The van der Waals surface area contributed by atoms with Crippen molar-refractivity contribution in [1.82, 2.24) is 0 Å². The number of rotatable bonds is 4. The normalized spacial score (nSPS) is 38.3. The number of carbonyl (C=O) groups excluding carboxylic acids is 4. The molecule has 0 aliphatic heterocycles. The van der Waals surface area contributed by atoms with Crippen LogP contribution in [-0.4, -0.2) is 37.2 Å². The lowest BCUT2D eigenvalue weighted by atomic mass is 9.44. The summed E-state index contributed by atoms with van der Waals surface area (Å²) < 4.78 is 10.2. The van der Waals surface area contributed by atoms with Crippen LogP contribution in [0.1, 0.15) is 46.5 Å². The number of Topliss-reactive ketones (excluding diaryl/α,β-unsaturated/α-hetero) is 1. The highest BCUT2D eigenvalue weighted by Crippen LogP contribution is 2.66. The van der Waals surface area contributed by atoms with Crippen LogP contribution in [0.4, 0.5) is 0 Å². The van der Waals surface area contributed by atoms with Gasteiger partial charge in [0.25, 0.3) is 0 Å². The Bertz CT molecular complexity index is 940. The molecule has 0 aromatic rings. The SMILES string of the molecule is COC(=O)[C@@H]1C[C@]2(C)C(C(=O)COC(C)=O)=CC[C@@H]2[C@H]2CCC3=CC(=O)C=C[C@]3(C)[C@@H]21. The molecule has 4 aliphatic carbocycles. The fraction of sp³-hybridized carbons (Fsp3) is 0.600. The number of hydrogen-bond acceptors (Lipinski definition) is 6. The van der Waals surface area contributed by atoms with Crippen LogP contribution in [0, 0.1) is 34.5 Å². The van der Waals surface area contributed by atoms with E-state index in [1.165, 1.54) is 14.0 Å². The first kappa shape index (κ1) is 21.7. The Morgan fingerprint density at radius 3 is 2.65 bits per heavy atom. The summed E-state index contributed by atoms with van der Waals surface area (Å²) in [5.41, 5.74) is 0.924. The van der Waals surface area contributed by atoms with E-state index in [0.717, 1.165) is 24.8 Å². The van der Waals surface area contributed by atoms with E-state index >= 15 is 0 Å². The minimum atomic E-state index is -0.483. The number of ether oxygens (including phenoxy) is 2. The molecule has 31 heavy (non-hydrogen) atoms. The van der Waals surface area contributed by atoms with Crippen molar-refractivity contribution >= 4 is 23.5 Å². The molecule has 6 heteroatoms. The second-order valence-electron chi connectivity index (χ2n) is 9.83. The molecule has 6 atom stereocenters. The molecule has 0 heterocycles. The van der Waals surface area contributed by atoms with Crippen LogP contribution in [0.2, 0.25) is 0 Å². The third-order valence-electron chi connectivity index (χ3n) is 8.32. The average molecular weight is 427 g/mol. The molecule has 166 valence electrons. The first-order valence-corrected chi connectivity index (χ1v) is 11.0. The van der Waals surface area contributed by atoms with Crippen molar-refractivity contribution in [3.8, 4) is 0 Å². The number of methoxy groups -OCH3 is 1. The maximum absolute atomic E-state index is 13.0. The van der Waals surface area contributed by atoms with Gasteiger partial charge in [-0.2, -0.15) is 0 Å². The van der Waals surface area contributed by atoms with Gasteiger partial charge in [-0.05, 0) is 55.6 Å². The van der Waals surface area contributed by atoms with Gasteiger partial charge in [-0.3, -0.25) is 19.2 Å². The van der Waals surface area contributed by atoms with Crippen LogP contribution in [0.15, 0.2) is 35.5 Å². The maximum Gasteiger partial charge on any atom is 0.309 e. The third kappa shape index (κ3) is 3.31. The van der Waals surface area contributed by atoms with Crippen LogP contribution >= 0.6 is 0 Å². The Hall–Kier alpha value is -2.50. The van der Waals surface area contributed by atoms with Crippen LogP contribution in [-0.2, 0) is 28.7 Å². The second-order valence-corrected chi connectivity index (χ2v) is 9.83. The van der Waals surface area contributed by atoms with Crippen molar-refractivity contribution in [2.45, 2.75) is 46.5 Å². The monoisotopic (exact) mass is 426 g/mol. The van der Waals surface area contributed by atoms with E-state index in [2.05, 4.69) is 13.8 Å². The lowest BCUT2D eigenvalue weighted by molar-refractivity contribution is -0.159. The summed E-state index contributed by atoms with van der Waals surface area (Å²) in [7, 11) is 1.41. The highest BCUT2D eigenvalue weighted by molar-refractivity contribution is 6.01. The van der Waals surface area contributed by atoms with Crippen molar-refractivity contribution in [2.24, 2.45) is 34.5 Å². The van der Waals surface area contributed by atoms with E-state index < -0.39 is 11.4 Å². The molecule has 0 unspecified atom stereocenters. The zero-order valence-corrected chi connectivity index (χ0v) is 18.6. The molecule has 0 amide bonds. The zero-order chi connectivity index (χ0) is 22.6. The average Bonchev–Trinajstić information content (AvgIpc) is 3.08. The number of fused-ring (bicyclic) bond motifs is 5. The first-order valence-electron chi connectivity index (χ1n) is 11.0. The Kier molecular flexibility index (Phi) is 5.31. The topological polar surface area (TPSA) is 86.7 Å². The fourth-order valence-electron chi connectivity index (χ4n) is 7.01. The van der Waals surface area contributed by atoms with Gasteiger partial charge in [0.15, 0.2) is 18.2 Å². The fourth-order valence-corrected chi connectivity index (χ4v) is 7.01. The largest absolute Gasteiger partial charge is 0.469 e. The van der Waals surface area contributed by atoms with Gasteiger partial charge in [-0.1, -0.05) is 31.6 Å². The molecule has 2 saturated carbocycles. The summed E-state index contributed by atoms with van der Waals surface area (Å²) in [5, 5.41) is 0. The lowest BCUT2D eigenvalue weighted by Crippen LogP contribution is -2.55. The van der Waals surface area contributed by atoms with Crippen molar-refractivity contribution in [1.29, 1.82) is 0 Å². The molecule has 0 radical (unpaired) electrons. The van der Waals surface area contributed by atoms with E-state index in [1.807, 2.05) is 12.2 Å². The number of hydrogen-bond donors (Lipinski definition) is 0. The predicted molar refractivity (Wildman–Crippen MR) is 113 cm³/mol. The smallest absolute Gasteiger partial charge is 0.309 e. The third-order valence-corrected chi connectivity index (χ3v) is 8.32. The van der Waals surface area contributed by atoms with E-state index in [1.54, 1.807) is 12.2 Å². The lowest BCUT2D eigenvalue weighted by Gasteiger charge is -2.58. The summed E-state index contributed by atoms with van der Waals surface area (Å²) in [6, 6.07) is 0. The van der Waals surface area contributed by atoms with Crippen LogP contribution in [0.25, 0.3) is 0 Å². The zero-order valence-electron chi connectivity index (χ0n) is 18.6. The van der Waals surface area contributed by atoms with Crippen molar-refractivity contribution in [2.75, 3.05) is 13.7 Å². The van der Waals surface area contributed by atoms with Gasteiger partial charge in [-0.25, -0.2) is 0 Å². The molecule has 0 aromatic carbocycles. The van der Waals surface area contributed by atoms with Gasteiger partial charge in [0.2, 0.25) is 0 Å². The summed E-state index contributed by atoms with van der Waals surface area (Å²) in [6.07, 6.45) is 10.3. The Balaban J connectivity index is 1.72. The Morgan fingerprint density at radius 2 is 1.97 bits per heavy atom. The summed E-state index contributed by atoms with van der Waals surface area (Å²) in [4.78, 5) is 49.2. The highest BCUT2D eigenvalue weighted by atomic mass is 16.5. The van der Waals surface area contributed by atoms with Gasteiger partial charge < -0.3 is 9.47 Å². The standard InChI is InChI=1S/C25H30O6/c1-14(26)31-13-21(28)20-8-7-19-17-6-5-15-11-16(27)9-10-24(15,2)22(17)18(23(29)30-4)12-25(19,20)3/h8-11,17-19,22H,5-7,12-13H2,1-4H3/t17-,18-,19-,22+,24+,25+/m1/s1. The van der Waals surface area contributed by atoms with Gasteiger partial charge in [0.05, 0.1) is 13.0 Å². The highest BCUT2D eigenvalue weighted by Gasteiger charge is 2.62. The van der Waals surface area contributed by atoms with Gasteiger partial charge in [-0.15, -0.1) is 0 Å². The summed E-state index contributed by atoms with van der Waals surface area (Å²) >= 11 is 0. The summed E-state index contributed by atoms with van der Waals surface area (Å²) in [6.45, 7) is 5.22. The number of esters is 2. The molecule has 0 N–H and O–H groups in total.